The molecule has 1 fully saturated rings. The minimum absolute atomic E-state index is 0.354. The van der Waals surface area contributed by atoms with Gasteiger partial charge in [-0.15, -0.1) is 0 Å². The summed E-state index contributed by atoms with van der Waals surface area (Å²) in [4.78, 5) is 10.6. The Morgan fingerprint density at radius 2 is 1.92 bits per heavy atom. The van der Waals surface area contributed by atoms with Gasteiger partial charge in [-0.25, -0.2) is 4.98 Å². The number of nitrogens with zero attached hydrogens (tertiary/aromatic N) is 7. The monoisotopic (exact) mass is 417 g/mol. The Hall–Kier alpha value is -2.49. The summed E-state index contributed by atoms with van der Waals surface area (Å²) in [6.45, 7) is 4.87. The molecule has 0 saturated heterocycles. The summed E-state index contributed by atoms with van der Waals surface area (Å²) in [6, 6.07) is 0.720. The van der Waals surface area contributed by atoms with Gasteiger partial charge in [0.1, 0.15) is 5.82 Å². The van der Waals surface area contributed by atoms with Crippen molar-refractivity contribution in [2.75, 3.05) is 17.2 Å². The average molecular weight is 418 g/mol. The first kappa shape index (κ1) is 17.0. The maximum Gasteiger partial charge on any atom is 0.229 e. The fraction of sp³-hybridized carbons (Fsp3) is 0.438. The number of anilines is 3. The van der Waals surface area contributed by atoms with Crippen molar-refractivity contribution in [3.05, 3.63) is 35.0 Å². The number of hydrogen-bond donors (Lipinski definition) is 2. The van der Waals surface area contributed by atoms with Crippen LogP contribution in [0, 0.1) is 6.92 Å². The van der Waals surface area contributed by atoms with Gasteiger partial charge < -0.3 is 10.6 Å². The molecule has 0 unspecified atom stereocenters. The van der Waals surface area contributed by atoms with Crippen molar-refractivity contribution in [3.63, 3.8) is 0 Å². The van der Waals surface area contributed by atoms with E-state index in [0.717, 1.165) is 41.1 Å². The number of nitrogens with one attached hydrogen (secondary N) is 2. The zero-order valence-electron chi connectivity index (χ0n) is 14.6. The zero-order valence-corrected chi connectivity index (χ0v) is 16.2. The van der Waals surface area contributed by atoms with E-state index in [9.17, 15) is 0 Å². The quantitative estimate of drug-likeness (QED) is 0.635. The van der Waals surface area contributed by atoms with Crippen LogP contribution in [0.4, 0.5) is 17.5 Å². The predicted molar refractivity (Wildman–Crippen MR) is 101 cm³/mol. The van der Waals surface area contributed by atoms with Crippen molar-refractivity contribution < 1.29 is 0 Å². The third-order valence-electron chi connectivity index (χ3n) is 4.58. The molecule has 3 heterocycles. The fourth-order valence-corrected chi connectivity index (χ4v) is 3.45. The smallest absolute Gasteiger partial charge is 0.229 e. The van der Waals surface area contributed by atoms with Gasteiger partial charge in [-0.1, -0.05) is 0 Å². The van der Waals surface area contributed by atoms with Gasteiger partial charge in [0.15, 0.2) is 0 Å². The highest BCUT2D eigenvalue weighted by Crippen LogP contribution is 2.41. The molecule has 0 aromatic carbocycles. The highest BCUT2D eigenvalue weighted by Gasteiger charge is 2.34. The molecule has 3 aromatic rings. The number of hydrogen-bond acceptors (Lipinski definition) is 7. The molecule has 0 aliphatic heterocycles. The van der Waals surface area contributed by atoms with Crippen LogP contribution >= 0.6 is 15.9 Å². The first-order valence-electron chi connectivity index (χ1n) is 8.59. The lowest BCUT2D eigenvalue weighted by molar-refractivity contribution is 0.158. The molecule has 0 radical (unpaired) electrons. The van der Waals surface area contributed by atoms with E-state index in [0.29, 0.717) is 18.0 Å². The lowest BCUT2D eigenvalue weighted by Crippen LogP contribution is -2.31. The third kappa shape index (κ3) is 3.16. The molecule has 1 aliphatic carbocycles. The highest BCUT2D eigenvalue weighted by atomic mass is 79.9. The Labute approximate surface area is 159 Å². The third-order valence-corrected chi connectivity index (χ3v) is 5.16. The van der Waals surface area contributed by atoms with Gasteiger partial charge in [-0.2, -0.15) is 25.1 Å². The molecule has 136 valence electrons. The fourth-order valence-electron chi connectivity index (χ4n) is 3.12. The van der Waals surface area contributed by atoms with Crippen molar-refractivity contribution in [1.29, 1.82) is 0 Å². The summed E-state index contributed by atoms with van der Waals surface area (Å²) in [6.07, 6.45) is 8.96. The minimum atomic E-state index is 0.354. The van der Waals surface area contributed by atoms with Crippen LogP contribution in [0.3, 0.4) is 0 Å². The molecule has 26 heavy (non-hydrogen) atoms. The molecular formula is C16H20BrN9. The molecule has 0 amide bonds. The van der Waals surface area contributed by atoms with Gasteiger partial charge in [-0.3, -0.25) is 4.68 Å². The lowest BCUT2D eigenvalue weighted by atomic mass is 9.87. The van der Waals surface area contributed by atoms with E-state index >= 15 is 0 Å². The number of aromatic nitrogens is 7. The first-order valence-corrected chi connectivity index (χ1v) is 9.38. The van der Waals surface area contributed by atoms with Crippen molar-refractivity contribution in [2.45, 2.75) is 38.8 Å². The molecule has 3 aromatic heterocycles. The molecule has 1 aliphatic rings. The van der Waals surface area contributed by atoms with Gasteiger partial charge >= 0.3 is 0 Å². The predicted octanol–water partition coefficient (Wildman–Crippen LogP) is 3.09. The van der Waals surface area contributed by atoms with Crippen LogP contribution in [-0.4, -0.2) is 41.3 Å². The summed E-state index contributed by atoms with van der Waals surface area (Å²) in [5.41, 5.74) is 1.98. The van der Waals surface area contributed by atoms with E-state index in [4.69, 9.17) is 0 Å². The van der Waals surface area contributed by atoms with E-state index < -0.39 is 0 Å². The Morgan fingerprint density at radius 3 is 2.65 bits per heavy atom. The molecule has 10 heteroatoms. The Morgan fingerprint density at radius 1 is 1.15 bits per heavy atom. The van der Waals surface area contributed by atoms with Gasteiger partial charge in [0.25, 0.3) is 0 Å². The maximum atomic E-state index is 4.55. The van der Waals surface area contributed by atoms with Gasteiger partial charge in [0.05, 0.1) is 46.5 Å². The largest absolute Gasteiger partial charge is 0.369 e. The minimum Gasteiger partial charge on any atom is -0.369 e. The van der Waals surface area contributed by atoms with E-state index in [1.807, 2.05) is 13.1 Å². The Balaban J connectivity index is 1.46. The normalized spacial score (nSPS) is 19.2. The van der Waals surface area contributed by atoms with Crippen LogP contribution < -0.4 is 10.6 Å². The second kappa shape index (κ2) is 7.02. The van der Waals surface area contributed by atoms with Crippen LogP contribution in [0.5, 0.6) is 0 Å². The van der Waals surface area contributed by atoms with Crippen LogP contribution in [0.25, 0.3) is 0 Å². The van der Waals surface area contributed by atoms with E-state index in [2.05, 4.69) is 63.4 Å². The van der Waals surface area contributed by atoms with Crippen molar-refractivity contribution >= 4 is 33.4 Å². The van der Waals surface area contributed by atoms with E-state index in [1.165, 1.54) is 0 Å². The van der Waals surface area contributed by atoms with Gasteiger partial charge in [0, 0.05) is 12.7 Å². The molecule has 0 bridgehead atoms. The van der Waals surface area contributed by atoms with Gasteiger partial charge in [0.2, 0.25) is 5.95 Å². The summed E-state index contributed by atoms with van der Waals surface area (Å²) < 4.78 is 2.90. The van der Waals surface area contributed by atoms with Crippen LogP contribution in [0.1, 0.15) is 37.5 Å². The molecule has 0 spiro atoms. The standard InChI is InChI=1S/C16H20BrN9/c1-3-18-15-13(17)8-19-16(24-15)23-14-9-22-25(10(14)2)11-6-12(7-11)26-20-4-5-21-26/h4-5,8-9,11-12H,3,6-7H2,1-2H3,(H2,18,19,23,24)/t11-,12-. The summed E-state index contributed by atoms with van der Waals surface area (Å²) in [7, 11) is 0. The molecular weight excluding hydrogens is 398 g/mol. The SMILES string of the molecule is CCNc1nc(Nc2cnn([C@H]3C[C@H](n4nccn4)C3)c2C)ncc1Br. The molecule has 2 N–H and O–H groups in total. The van der Waals surface area contributed by atoms with Crippen molar-refractivity contribution in [2.24, 2.45) is 0 Å². The summed E-state index contributed by atoms with van der Waals surface area (Å²) in [5.74, 6) is 1.31. The second-order valence-corrected chi connectivity index (χ2v) is 7.12. The Kier molecular flexibility index (Phi) is 4.58. The summed E-state index contributed by atoms with van der Waals surface area (Å²) >= 11 is 3.45. The van der Waals surface area contributed by atoms with Crippen LogP contribution in [-0.2, 0) is 0 Å². The lowest BCUT2D eigenvalue weighted by Gasteiger charge is -2.35. The zero-order chi connectivity index (χ0) is 18.1. The van der Waals surface area contributed by atoms with Crippen LogP contribution in [0.2, 0.25) is 0 Å². The Bertz CT molecular complexity index is 883. The number of halogens is 1. The highest BCUT2D eigenvalue weighted by molar-refractivity contribution is 9.10. The topological polar surface area (TPSA) is 98.4 Å². The van der Waals surface area contributed by atoms with Gasteiger partial charge in [-0.05, 0) is 42.6 Å². The van der Waals surface area contributed by atoms with E-state index in [-0.39, 0.29) is 0 Å². The maximum absolute atomic E-state index is 4.55. The molecule has 4 rings (SSSR count). The van der Waals surface area contributed by atoms with E-state index in [1.54, 1.807) is 23.4 Å². The van der Waals surface area contributed by atoms with Crippen molar-refractivity contribution in [3.8, 4) is 0 Å². The first-order chi connectivity index (χ1) is 12.7. The molecule has 0 atom stereocenters. The summed E-state index contributed by atoms with van der Waals surface area (Å²) in [5, 5.41) is 19.5. The molecule has 1 saturated carbocycles. The second-order valence-electron chi connectivity index (χ2n) is 6.26. The average Bonchev–Trinajstić information content (AvgIpc) is 3.22. The number of rotatable bonds is 6. The molecule has 9 nitrogen and oxygen atoms in total. The van der Waals surface area contributed by atoms with Crippen molar-refractivity contribution in [1.82, 2.24) is 34.7 Å². The van der Waals surface area contributed by atoms with Crippen LogP contribution in [0.15, 0.2) is 29.3 Å².